The fourth-order valence-corrected chi connectivity index (χ4v) is 2.34. The first kappa shape index (κ1) is 17.7. The van der Waals surface area contributed by atoms with Crippen LogP contribution in [0, 0.1) is 6.92 Å². The van der Waals surface area contributed by atoms with E-state index in [-0.39, 0.29) is 18.2 Å². The number of amides is 2. The zero-order valence-electron chi connectivity index (χ0n) is 14.3. The van der Waals surface area contributed by atoms with Crippen molar-refractivity contribution in [3.05, 3.63) is 35.5 Å². The van der Waals surface area contributed by atoms with Gasteiger partial charge in [-0.05, 0) is 31.5 Å². The molecule has 0 aliphatic carbocycles. The number of rotatable bonds is 7. The Labute approximate surface area is 141 Å². The zero-order valence-corrected chi connectivity index (χ0v) is 14.3. The van der Waals surface area contributed by atoms with Crippen LogP contribution in [0.4, 0.5) is 0 Å². The number of fused-ring (bicyclic) bond motifs is 1. The van der Waals surface area contributed by atoms with Gasteiger partial charge in [0, 0.05) is 31.0 Å². The Hall–Kier alpha value is -2.63. The molecule has 0 aliphatic rings. The molecule has 0 atom stereocenters. The molecule has 2 aromatic rings. The summed E-state index contributed by atoms with van der Waals surface area (Å²) < 4.78 is 5.19. The van der Waals surface area contributed by atoms with E-state index < -0.39 is 0 Å². The van der Waals surface area contributed by atoms with E-state index in [1.54, 1.807) is 14.0 Å². The van der Waals surface area contributed by atoms with Gasteiger partial charge in [0.1, 0.15) is 5.75 Å². The van der Waals surface area contributed by atoms with Gasteiger partial charge in [-0.3, -0.25) is 14.6 Å². The molecule has 6 nitrogen and oxygen atoms in total. The van der Waals surface area contributed by atoms with E-state index in [4.69, 9.17) is 4.74 Å². The van der Waals surface area contributed by atoms with E-state index >= 15 is 0 Å². The molecule has 1 heterocycles. The second-order valence-electron chi connectivity index (χ2n) is 5.54. The summed E-state index contributed by atoms with van der Waals surface area (Å²) in [5, 5.41) is 6.42. The highest BCUT2D eigenvalue weighted by Crippen LogP contribution is 2.21. The highest BCUT2D eigenvalue weighted by atomic mass is 16.5. The number of aromatic nitrogens is 1. The summed E-state index contributed by atoms with van der Waals surface area (Å²) in [5.41, 5.74) is 1.94. The summed E-state index contributed by atoms with van der Waals surface area (Å²) in [6.07, 6.45) is 1.16. The molecular formula is C18H23N3O3. The number of hydrogen-bond acceptors (Lipinski definition) is 4. The number of nitrogens with one attached hydrogen (secondary N) is 2. The maximum absolute atomic E-state index is 12.3. The molecule has 1 aromatic carbocycles. The standard InChI is InChI=1S/C18H23N3O3/c1-4-8-19-17(22)7-9-20-18(23)15-10-13-5-6-14(24-3)11-16(13)21-12(15)2/h5-6,10-11H,4,7-9H2,1-3H3,(H,19,22)(H,20,23). The lowest BCUT2D eigenvalue weighted by atomic mass is 10.1. The molecule has 0 saturated heterocycles. The van der Waals surface area contributed by atoms with Crippen molar-refractivity contribution < 1.29 is 14.3 Å². The lowest BCUT2D eigenvalue weighted by Crippen LogP contribution is -2.31. The van der Waals surface area contributed by atoms with Crippen LogP contribution in [0.5, 0.6) is 5.75 Å². The van der Waals surface area contributed by atoms with E-state index in [0.29, 0.717) is 24.3 Å². The van der Waals surface area contributed by atoms with E-state index in [9.17, 15) is 9.59 Å². The third kappa shape index (κ3) is 4.44. The molecule has 128 valence electrons. The SMILES string of the molecule is CCCNC(=O)CCNC(=O)c1cc2ccc(OC)cc2nc1C. The first-order valence-electron chi connectivity index (χ1n) is 8.05. The second kappa shape index (κ2) is 8.29. The van der Waals surface area contributed by atoms with E-state index in [0.717, 1.165) is 23.1 Å². The Balaban J connectivity index is 2.04. The van der Waals surface area contributed by atoms with Crippen molar-refractivity contribution in [1.82, 2.24) is 15.6 Å². The summed E-state index contributed by atoms with van der Waals surface area (Å²) in [5.74, 6) is 0.448. The molecule has 2 amide bonds. The third-order valence-electron chi connectivity index (χ3n) is 3.67. The largest absolute Gasteiger partial charge is 0.497 e. The van der Waals surface area contributed by atoms with Gasteiger partial charge in [0.25, 0.3) is 5.91 Å². The quantitative estimate of drug-likeness (QED) is 0.816. The minimum absolute atomic E-state index is 0.0578. The molecule has 0 bridgehead atoms. The monoisotopic (exact) mass is 329 g/mol. The van der Waals surface area contributed by atoms with Gasteiger partial charge < -0.3 is 15.4 Å². The van der Waals surface area contributed by atoms with Crippen LogP contribution < -0.4 is 15.4 Å². The molecule has 0 spiro atoms. The number of methoxy groups -OCH3 is 1. The van der Waals surface area contributed by atoms with Crippen LogP contribution in [0.25, 0.3) is 10.9 Å². The molecule has 6 heteroatoms. The van der Waals surface area contributed by atoms with Gasteiger partial charge in [-0.15, -0.1) is 0 Å². The minimum atomic E-state index is -0.221. The number of nitrogens with zero attached hydrogens (tertiary/aromatic N) is 1. The zero-order chi connectivity index (χ0) is 17.5. The van der Waals surface area contributed by atoms with Crippen molar-refractivity contribution >= 4 is 22.7 Å². The van der Waals surface area contributed by atoms with Crippen LogP contribution >= 0.6 is 0 Å². The number of pyridine rings is 1. The number of carbonyl (C=O) groups excluding carboxylic acids is 2. The van der Waals surface area contributed by atoms with Gasteiger partial charge in [-0.25, -0.2) is 0 Å². The van der Waals surface area contributed by atoms with Crippen LogP contribution in [-0.4, -0.2) is 37.0 Å². The Kier molecular flexibility index (Phi) is 6.12. The Morgan fingerprint density at radius 2 is 1.96 bits per heavy atom. The van der Waals surface area contributed by atoms with E-state index in [1.165, 1.54) is 0 Å². The molecule has 0 fully saturated rings. The molecular weight excluding hydrogens is 306 g/mol. The number of hydrogen-bond donors (Lipinski definition) is 2. The Morgan fingerprint density at radius 3 is 2.67 bits per heavy atom. The average molecular weight is 329 g/mol. The topological polar surface area (TPSA) is 80.3 Å². The lowest BCUT2D eigenvalue weighted by molar-refractivity contribution is -0.120. The highest BCUT2D eigenvalue weighted by Gasteiger charge is 2.12. The summed E-state index contributed by atoms with van der Waals surface area (Å²) in [7, 11) is 1.60. The average Bonchev–Trinajstić information content (AvgIpc) is 2.58. The first-order chi connectivity index (χ1) is 11.5. The number of aryl methyl sites for hydroxylation is 1. The van der Waals surface area contributed by atoms with Crippen molar-refractivity contribution in [1.29, 1.82) is 0 Å². The van der Waals surface area contributed by atoms with Crippen molar-refractivity contribution in [2.45, 2.75) is 26.7 Å². The molecule has 1 aromatic heterocycles. The van der Waals surface area contributed by atoms with Gasteiger partial charge in [0.2, 0.25) is 5.91 Å². The third-order valence-corrected chi connectivity index (χ3v) is 3.67. The minimum Gasteiger partial charge on any atom is -0.497 e. The second-order valence-corrected chi connectivity index (χ2v) is 5.54. The summed E-state index contributed by atoms with van der Waals surface area (Å²) in [4.78, 5) is 28.3. The van der Waals surface area contributed by atoms with Crippen LogP contribution in [0.3, 0.4) is 0 Å². The Bertz CT molecular complexity index is 744. The smallest absolute Gasteiger partial charge is 0.253 e. The van der Waals surface area contributed by atoms with Crippen LogP contribution in [0.1, 0.15) is 35.8 Å². The molecule has 2 N–H and O–H groups in total. The van der Waals surface area contributed by atoms with Gasteiger partial charge in [0.15, 0.2) is 0 Å². The van der Waals surface area contributed by atoms with Crippen LogP contribution in [0.15, 0.2) is 24.3 Å². The maximum Gasteiger partial charge on any atom is 0.253 e. The van der Waals surface area contributed by atoms with E-state index in [2.05, 4.69) is 15.6 Å². The van der Waals surface area contributed by atoms with Crippen molar-refractivity contribution in [3.8, 4) is 5.75 Å². The molecule has 0 radical (unpaired) electrons. The van der Waals surface area contributed by atoms with Crippen molar-refractivity contribution in [2.75, 3.05) is 20.2 Å². The van der Waals surface area contributed by atoms with Gasteiger partial charge in [-0.2, -0.15) is 0 Å². The normalized spacial score (nSPS) is 10.5. The van der Waals surface area contributed by atoms with Gasteiger partial charge in [0.05, 0.1) is 23.9 Å². The van der Waals surface area contributed by atoms with Gasteiger partial charge >= 0.3 is 0 Å². The van der Waals surface area contributed by atoms with Gasteiger partial charge in [-0.1, -0.05) is 6.92 Å². The molecule has 0 unspecified atom stereocenters. The molecule has 0 saturated carbocycles. The fraction of sp³-hybridized carbons (Fsp3) is 0.389. The lowest BCUT2D eigenvalue weighted by Gasteiger charge is -2.09. The summed E-state index contributed by atoms with van der Waals surface area (Å²) >= 11 is 0. The van der Waals surface area contributed by atoms with E-state index in [1.807, 2.05) is 31.2 Å². The van der Waals surface area contributed by atoms with Crippen molar-refractivity contribution in [2.24, 2.45) is 0 Å². The van der Waals surface area contributed by atoms with Crippen LogP contribution in [-0.2, 0) is 4.79 Å². The fourth-order valence-electron chi connectivity index (χ4n) is 2.34. The number of benzene rings is 1. The molecule has 2 rings (SSSR count). The molecule has 24 heavy (non-hydrogen) atoms. The highest BCUT2D eigenvalue weighted by molar-refractivity contribution is 5.98. The first-order valence-corrected chi connectivity index (χ1v) is 8.05. The molecule has 0 aliphatic heterocycles. The number of ether oxygens (including phenoxy) is 1. The van der Waals surface area contributed by atoms with Crippen LogP contribution in [0.2, 0.25) is 0 Å². The summed E-state index contributed by atoms with van der Waals surface area (Å²) in [6.45, 7) is 4.74. The maximum atomic E-state index is 12.3. The Morgan fingerprint density at radius 1 is 1.17 bits per heavy atom. The predicted octanol–water partition coefficient (Wildman–Crippen LogP) is 2.20. The predicted molar refractivity (Wildman–Crippen MR) is 93.3 cm³/mol. The number of carbonyl (C=O) groups is 2. The van der Waals surface area contributed by atoms with Crippen molar-refractivity contribution in [3.63, 3.8) is 0 Å². The summed E-state index contributed by atoms with van der Waals surface area (Å²) in [6, 6.07) is 7.35.